The Morgan fingerprint density at radius 3 is 2.94 bits per heavy atom. The van der Waals surface area contributed by atoms with Crippen molar-refractivity contribution in [2.24, 2.45) is 12.8 Å². The number of carbonyl (C=O) groups excluding carboxylic acids is 1. The van der Waals surface area contributed by atoms with E-state index in [-0.39, 0.29) is 0 Å². The van der Waals surface area contributed by atoms with Crippen molar-refractivity contribution >= 4 is 11.7 Å². The van der Waals surface area contributed by atoms with Gasteiger partial charge in [-0.3, -0.25) is 14.2 Å². The molecule has 0 aromatic carbocycles. The first-order valence-electron chi connectivity index (χ1n) is 5.70. The number of amides is 1. The Bertz CT molecular complexity index is 556. The van der Waals surface area contributed by atoms with Crippen LogP contribution in [0.4, 0.5) is 5.82 Å². The third-order valence-corrected chi connectivity index (χ3v) is 2.69. The molecule has 0 aliphatic rings. The van der Waals surface area contributed by atoms with Gasteiger partial charge in [0.1, 0.15) is 11.5 Å². The molecule has 18 heavy (non-hydrogen) atoms. The summed E-state index contributed by atoms with van der Waals surface area (Å²) in [5, 5.41) is 11.5. The van der Waals surface area contributed by atoms with Crippen LogP contribution in [-0.2, 0) is 20.1 Å². The summed E-state index contributed by atoms with van der Waals surface area (Å²) in [5.41, 5.74) is 6.66. The smallest absolute Gasteiger partial charge is 0.267 e. The SMILES string of the molecule is CCn1nccc1CNc1cc(C(N)=O)n(C)n1. The van der Waals surface area contributed by atoms with Crippen LogP contribution in [0.1, 0.15) is 23.1 Å². The van der Waals surface area contributed by atoms with E-state index in [0.29, 0.717) is 18.1 Å². The second-order valence-corrected chi connectivity index (χ2v) is 3.89. The Hall–Kier alpha value is -2.31. The Kier molecular flexibility index (Phi) is 3.31. The van der Waals surface area contributed by atoms with Gasteiger partial charge >= 0.3 is 0 Å². The average Bonchev–Trinajstić information content (AvgIpc) is 2.92. The topological polar surface area (TPSA) is 90.8 Å². The summed E-state index contributed by atoms with van der Waals surface area (Å²) in [4.78, 5) is 11.1. The molecular weight excluding hydrogens is 232 g/mol. The van der Waals surface area contributed by atoms with Crippen LogP contribution in [0.5, 0.6) is 0 Å². The predicted molar refractivity (Wildman–Crippen MR) is 67.0 cm³/mol. The number of nitrogens with two attached hydrogens (primary N) is 1. The first-order valence-corrected chi connectivity index (χ1v) is 5.70. The summed E-state index contributed by atoms with van der Waals surface area (Å²) >= 11 is 0. The molecule has 0 aliphatic heterocycles. The number of primary amides is 1. The number of aryl methyl sites for hydroxylation is 2. The third-order valence-electron chi connectivity index (χ3n) is 2.69. The van der Waals surface area contributed by atoms with Crippen molar-refractivity contribution < 1.29 is 4.79 Å². The van der Waals surface area contributed by atoms with Gasteiger partial charge in [0.05, 0.1) is 12.2 Å². The van der Waals surface area contributed by atoms with E-state index in [1.165, 1.54) is 4.68 Å². The number of rotatable bonds is 5. The quantitative estimate of drug-likeness (QED) is 0.798. The van der Waals surface area contributed by atoms with Crippen molar-refractivity contribution in [2.75, 3.05) is 5.32 Å². The maximum Gasteiger partial charge on any atom is 0.267 e. The van der Waals surface area contributed by atoms with E-state index in [4.69, 9.17) is 5.73 Å². The van der Waals surface area contributed by atoms with Gasteiger partial charge in [-0.15, -0.1) is 0 Å². The molecule has 0 bridgehead atoms. The Morgan fingerprint density at radius 1 is 1.56 bits per heavy atom. The van der Waals surface area contributed by atoms with Gasteiger partial charge < -0.3 is 11.1 Å². The van der Waals surface area contributed by atoms with E-state index in [0.717, 1.165) is 12.2 Å². The molecule has 0 aliphatic carbocycles. The van der Waals surface area contributed by atoms with Crippen molar-refractivity contribution in [3.05, 3.63) is 29.7 Å². The van der Waals surface area contributed by atoms with Crippen LogP contribution in [0.3, 0.4) is 0 Å². The molecule has 0 radical (unpaired) electrons. The molecule has 0 atom stereocenters. The molecule has 2 heterocycles. The van der Waals surface area contributed by atoms with Crippen LogP contribution in [0, 0.1) is 0 Å². The summed E-state index contributed by atoms with van der Waals surface area (Å²) < 4.78 is 3.35. The first kappa shape index (κ1) is 12.2. The van der Waals surface area contributed by atoms with Crippen LogP contribution < -0.4 is 11.1 Å². The van der Waals surface area contributed by atoms with Crippen LogP contribution in [-0.4, -0.2) is 25.5 Å². The molecule has 1 amide bonds. The Labute approximate surface area is 105 Å². The molecule has 96 valence electrons. The zero-order valence-corrected chi connectivity index (χ0v) is 10.4. The minimum absolute atomic E-state index is 0.376. The van der Waals surface area contributed by atoms with Crippen LogP contribution in [0.15, 0.2) is 18.3 Å². The van der Waals surface area contributed by atoms with Crippen molar-refractivity contribution in [3.63, 3.8) is 0 Å². The number of carbonyl (C=O) groups is 1. The molecule has 2 aromatic heterocycles. The lowest BCUT2D eigenvalue weighted by molar-refractivity contribution is 0.0991. The largest absolute Gasteiger partial charge is 0.364 e. The number of anilines is 1. The highest BCUT2D eigenvalue weighted by atomic mass is 16.1. The molecule has 2 rings (SSSR count). The average molecular weight is 248 g/mol. The molecule has 0 saturated heterocycles. The highest BCUT2D eigenvalue weighted by Crippen LogP contribution is 2.09. The Morgan fingerprint density at radius 2 is 2.33 bits per heavy atom. The number of nitrogens with one attached hydrogen (secondary N) is 1. The molecular formula is C11H16N6O. The lowest BCUT2D eigenvalue weighted by Gasteiger charge is -2.05. The van der Waals surface area contributed by atoms with Gasteiger partial charge in [0, 0.05) is 25.9 Å². The molecule has 0 saturated carbocycles. The third kappa shape index (κ3) is 2.34. The maximum absolute atomic E-state index is 11.1. The fraction of sp³-hybridized carbons (Fsp3) is 0.364. The number of aromatic nitrogens is 4. The molecule has 2 aromatic rings. The highest BCUT2D eigenvalue weighted by Gasteiger charge is 2.10. The monoisotopic (exact) mass is 248 g/mol. The number of hydrogen-bond acceptors (Lipinski definition) is 4. The zero-order chi connectivity index (χ0) is 13.1. The molecule has 0 unspecified atom stereocenters. The minimum atomic E-state index is -0.489. The van der Waals surface area contributed by atoms with E-state index >= 15 is 0 Å². The van der Waals surface area contributed by atoms with E-state index in [1.54, 1.807) is 19.3 Å². The lowest BCUT2D eigenvalue weighted by Crippen LogP contribution is -2.15. The van der Waals surface area contributed by atoms with E-state index in [1.807, 2.05) is 17.7 Å². The summed E-state index contributed by atoms with van der Waals surface area (Å²) in [6.07, 6.45) is 1.76. The number of nitrogens with zero attached hydrogens (tertiary/aromatic N) is 4. The normalized spacial score (nSPS) is 10.6. The lowest BCUT2D eigenvalue weighted by atomic mass is 10.4. The van der Waals surface area contributed by atoms with Crippen LogP contribution >= 0.6 is 0 Å². The van der Waals surface area contributed by atoms with E-state index < -0.39 is 5.91 Å². The van der Waals surface area contributed by atoms with Gasteiger partial charge in [-0.25, -0.2) is 0 Å². The van der Waals surface area contributed by atoms with Crippen LogP contribution in [0.2, 0.25) is 0 Å². The predicted octanol–water partition coefficient (Wildman–Crippen LogP) is 0.347. The van der Waals surface area contributed by atoms with Gasteiger partial charge in [0.25, 0.3) is 5.91 Å². The second kappa shape index (κ2) is 4.91. The zero-order valence-electron chi connectivity index (χ0n) is 10.4. The van der Waals surface area contributed by atoms with E-state index in [2.05, 4.69) is 15.5 Å². The van der Waals surface area contributed by atoms with E-state index in [9.17, 15) is 4.79 Å². The Balaban J connectivity index is 2.07. The van der Waals surface area contributed by atoms with Crippen molar-refractivity contribution in [1.82, 2.24) is 19.6 Å². The van der Waals surface area contributed by atoms with Crippen molar-refractivity contribution in [2.45, 2.75) is 20.0 Å². The first-order chi connectivity index (χ1) is 8.61. The van der Waals surface area contributed by atoms with Gasteiger partial charge in [-0.2, -0.15) is 10.2 Å². The summed E-state index contributed by atoms with van der Waals surface area (Å²) in [6.45, 7) is 3.45. The van der Waals surface area contributed by atoms with Crippen LogP contribution in [0.25, 0.3) is 0 Å². The fourth-order valence-corrected chi connectivity index (χ4v) is 1.76. The minimum Gasteiger partial charge on any atom is -0.364 e. The summed E-state index contributed by atoms with van der Waals surface area (Å²) in [6, 6.07) is 3.57. The highest BCUT2D eigenvalue weighted by molar-refractivity contribution is 5.91. The molecule has 7 heteroatoms. The molecule has 0 fully saturated rings. The molecule has 0 spiro atoms. The molecule has 7 nitrogen and oxygen atoms in total. The standard InChI is InChI=1S/C11H16N6O/c1-3-17-8(4-5-14-17)7-13-10-6-9(11(12)18)16(2)15-10/h4-6H,3,7H2,1-2H3,(H2,12,18)(H,13,15). The summed E-state index contributed by atoms with van der Waals surface area (Å²) in [7, 11) is 1.68. The number of hydrogen-bond donors (Lipinski definition) is 2. The van der Waals surface area contributed by atoms with Gasteiger partial charge in [0.15, 0.2) is 0 Å². The van der Waals surface area contributed by atoms with Crippen molar-refractivity contribution in [3.8, 4) is 0 Å². The summed E-state index contributed by atoms with van der Waals surface area (Å²) in [5.74, 6) is 0.131. The second-order valence-electron chi connectivity index (χ2n) is 3.89. The van der Waals surface area contributed by atoms with Gasteiger partial charge in [-0.05, 0) is 13.0 Å². The van der Waals surface area contributed by atoms with Gasteiger partial charge in [-0.1, -0.05) is 0 Å². The fourth-order valence-electron chi connectivity index (χ4n) is 1.76. The van der Waals surface area contributed by atoms with Gasteiger partial charge in [0.2, 0.25) is 0 Å². The van der Waals surface area contributed by atoms with Crippen molar-refractivity contribution in [1.29, 1.82) is 0 Å². The maximum atomic E-state index is 11.1. The molecule has 3 N–H and O–H groups in total.